The smallest absolute Gasteiger partial charge is 0.337 e. The standard InChI is InChI=1S/C28H45N3O2/c1-9-10-11-12-13-14-15-23-19-28(6,7)31(29-8)26(30-23)22(5)27(32)33-25-18-21(4)16-17-24(25)20(2)3/h10-15,20-21,23-25,30H,8-9,16-19H2,1-7H3/b11-10-,13-12-,15-14+,26-22+/t21-,23?,24?,25?/m0/s1. The first kappa shape index (κ1) is 26.9. The Morgan fingerprint density at radius 1 is 1.27 bits per heavy atom. The van der Waals surface area contributed by atoms with Gasteiger partial charge in [0.1, 0.15) is 11.9 Å². The van der Waals surface area contributed by atoms with Crippen LogP contribution in [-0.4, -0.2) is 35.4 Å². The van der Waals surface area contributed by atoms with Crippen LogP contribution in [0.5, 0.6) is 0 Å². The van der Waals surface area contributed by atoms with E-state index in [1.165, 1.54) is 6.42 Å². The molecule has 1 heterocycles. The van der Waals surface area contributed by atoms with Crippen molar-refractivity contribution < 1.29 is 9.53 Å². The van der Waals surface area contributed by atoms with Crippen LogP contribution in [0, 0.1) is 17.8 Å². The van der Waals surface area contributed by atoms with E-state index in [2.05, 4.69) is 70.8 Å². The van der Waals surface area contributed by atoms with Crippen LogP contribution in [0.2, 0.25) is 0 Å². The van der Waals surface area contributed by atoms with Gasteiger partial charge in [-0.15, -0.1) is 0 Å². The fourth-order valence-electron chi connectivity index (χ4n) is 4.97. The molecule has 2 rings (SSSR count). The molecule has 2 fully saturated rings. The number of carbonyl (C=O) groups excluding carboxylic acids is 1. The molecule has 0 aromatic rings. The largest absolute Gasteiger partial charge is 0.459 e. The Morgan fingerprint density at radius 2 is 1.97 bits per heavy atom. The average molecular weight is 456 g/mol. The van der Waals surface area contributed by atoms with E-state index in [1.807, 2.05) is 36.2 Å². The third-order valence-corrected chi connectivity index (χ3v) is 6.90. The van der Waals surface area contributed by atoms with Crippen molar-refractivity contribution in [3.8, 4) is 0 Å². The molecule has 2 aliphatic rings. The fraction of sp³-hybridized carbons (Fsp3) is 0.643. The van der Waals surface area contributed by atoms with Gasteiger partial charge in [0.25, 0.3) is 0 Å². The summed E-state index contributed by atoms with van der Waals surface area (Å²) in [5.74, 6) is 1.91. The molecule has 1 saturated heterocycles. The summed E-state index contributed by atoms with van der Waals surface area (Å²) in [5.41, 5.74) is 0.264. The first-order chi connectivity index (χ1) is 15.6. The number of hydrogen-bond acceptors (Lipinski definition) is 5. The Labute approximate surface area is 201 Å². The van der Waals surface area contributed by atoms with E-state index in [1.54, 1.807) is 0 Å². The predicted octanol–water partition coefficient (Wildman–Crippen LogP) is 6.36. The van der Waals surface area contributed by atoms with Crippen molar-refractivity contribution in [1.29, 1.82) is 0 Å². The lowest BCUT2D eigenvalue weighted by atomic mass is 9.75. The van der Waals surface area contributed by atoms with E-state index in [9.17, 15) is 4.79 Å². The predicted molar refractivity (Wildman–Crippen MR) is 139 cm³/mol. The van der Waals surface area contributed by atoms with Gasteiger partial charge in [0, 0.05) is 12.8 Å². The number of carbonyl (C=O) groups is 1. The third-order valence-electron chi connectivity index (χ3n) is 6.90. The van der Waals surface area contributed by atoms with E-state index >= 15 is 0 Å². The fourth-order valence-corrected chi connectivity index (χ4v) is 4.97. The molecule has 0 spiro atoms. The summed E-state index contributed by atoms with van der Waals surface area (Å²) >= 11 is 0. The number of nitrogens with one attached hydrogen (secondary N) is 1. The van der Waals surface area contributed by atoms with Gasteiger partial charge >= 0.3 is 5.97 Å². The SMILES string of the molecule is C=NN1/C(=C(\C)C(=O)OC2C[C@@H](C)CCC2C(C)C)NC(/C=C/C=C\C=C/CC)CC1(C)C. The lowest BCUT2D eigenvalue weighted by Gasteiger charge is -2.45. The summed E-state index contributed by atoms with van der Waals surface area (Å²) in [6.45, 7) is 18.7. The van der Waals surface area contributed by atoms with Gasteiger partial charge in [-0.2, -0.15) is 5.10 Å². The quantitative estimate of drug-likeness (QED) is 0.200. The number of ether oxygens (including phenoxy) is 1. The minimum absolute atomic E-state index is 0.0319. The molecule has 1 saturated carbocycles. The van der Waals surface area contributed by atoms with Crippen molar-refractivity contribution in [3.05, 3.63) is 47.9 Å². The Bertz CT molecular complexity index is 791. The van der Waals surface area contributed by atoms with Gasteiger partial charge in [0.15, 0.2) is 0 Å². The lowest BCUT2D eigenvalue weighted by molar-refractivity contribution is -0.151. The summed E-state index contributed by atoms with van der Waals surface area (Å²) < 4.78 is 6.12. The van der Waals surface area contributed by atoms with Crippen molar-refractivity contribution in [1.82, 2.24) is 10.3 Å². The number of allylic oxidation sites excluding steroid dienone is 5. The normalized spacial score (nSPS) is 29.6. The van der Waals surface area contributed by atoms with Crippen LogP contribution < -0.4 is 5.32 Å². The maximum Gasteiger partial charge on any atom is 0.337 e. The van der Waals surface area contributed by atoms with E-state index < -0.39 is 0 Å². The van der Waals surface area contributed by atoms with Crippen LogP contribution >= 0.6 is 0 Å². The minimum Gasteiger partial charge on any atom is -0.459 e. The molecule has 184 valence electrons. The van der Waals surface area contributed by atoms with E-state index in [0.29, 0.717) is 29.1 Å². The molecule has 0 aromatic heterocycles. The molecule has 3 unspecified atom stereocenters. The van der Waals surface area contributed by atoms with Crippen molar-refractivity contribution in [2.45, 2.75) is 98.3 Å². The second kappa shape index (κ2) is 12.2. The summed E-state index contributed by atoms with van der Waals surface area (Å²) in [5, 5.41) is 9.60. The van der Waals surface area contributed by atoms with Gasteiger partial charge in [-0.05, 0) is 64.2 Å². The molecule has 5 heteroatoms. The first-order valence-electron chi connectivity index (χ1n) is 12.6. The number of rotatable bonds is 8. The Kier molecular flexibility index (Phi) is 10.00. The Morgan fingerprint density at radius 3 is 2.61 bits per heavy atom. The van der Waals surface area contributed by atoms with Crippen LogP contribution in [0.25, 0.3) is 0 Å². The molecule has 1 aliphatic heterocycles. The van der Waals surface area contributed by atoms with Crippen LogP contribution in [0.15, 0.2) is 53.0 Å². The average Bonchev–Trinajstić information content (AvgIpc) is 2.74. The number of hydrazone groups is 1. The van der Waals surface area contributed by atoms with E-state index in [-0.39, 0.29) is 23.7 Å². The van der Waals surface area contributed by atoms with Crippen LogP contribution in [0.3, 0.4) is 0 Å². The molecule has 1 aliphatic carbocycles. The number of hydrogen-bond donors (Lipinski definition) is 1. The molecule has 0 amide bonds. The van der Waals surface area contributed by atoms with Gasteiger partial charge in [0.05, 0.1) is 11.1 Å². The maximum atomic E-state index is 13.3. The van der Waals surface area contributed by atoms with Gasteiger partial charge in [-0.3, -0.25) is 0 Å². The van der Waals surface area contributed by atoms with Gasteiger partial charge in [-0.25, -0.2) is 9.80 Å². The lowest BCUT2D eigenvalue weighted by Crippen LogP contribution is -2.55. The second-order valence-electron chi connectivity index (χ2n) is 10.6. The van der Waals surface area contributed by atoms with Crippen LogP contribution in [-0.2, 0) is 9.53 Å². The van der Waals surface area contributed by atoms with E-state index in [0.717, 1.165) is 25.7 Å². The summed E-state index contributed by atoms with van der Waals surface area (Å²) in [4.78, 5) is 13.3. The minimum atomic E-state index is -0.287. The van der Waals surface area contributed by atoms with Crippen molar-refractivity contribution in [3.63, 3.8) is 0 Å². The van der Waals surface area contributed by atoms with Crippen molar-refractivity contribution in [2.75, 3.05) is 0 Å². The molecular weight excluding hydrogens is 410 g/mol. The van der Waals surface area contributed by atoms with Crippen molar-refractivity contribution in [2.24, 2.45) is 22.9 Å². The summed E-state index contributed by atoms with van der Waals surface area (Å²) in [6.07, 6.45) is 17.5. The molecule has 0 aromatic carbocycles. The number of esters is 1. The zero-order valence-electron chi connectivity index (χ0n) is 21.8. The molecule has 0 radical (unpaired) electrons. The first-order valence-corrected chi connectivity index (χ1v) is 12.6. The van der Waals surface area contributed by atoms with Gasteiger partial charge in [0.2, 0.25) is 0 Å². The third kappa shape index (κ3) is 7.35. The van der Waals surface area contributed by atoms with Gasteiger partial charge in [-0.1, -0.05) is 70.6 Å². The van der Waals surface area contributed by atoms with Crippen molar-refractivity contribution >= 4 is 12.7 Å². The highest BCUT2D eigenvalue weighted by atomic mass is 16.5. The molecule has 0 bridgehead atoms. The highest BCUT2D eigenvalue weighted by molar-refractivity contribution is 5.88. The number of nitrogens with zero attached hydrogens (tertiary/aromatic N) is 2. The summed E-state index contributed by atoms with van der Waals surface area (Å²) in [6, 6.07) is 0.0775. The van der Waals surface area contributed by atoms with Gasteiger partial charge < -0.3 is 10.1 Å². The van der Waals surface area contributed by atoms with E-state index in [4.69, 9.17) is 4.74 Å². The molecule has 33 heavy (non-hydrogen) atoms. The maximum absolute atomic E-state index is 13.3. The Hall–Kier alpha value is -2.30. The topological polar surface area (TPSA) is 53.9 Å². The van der Waals surface area contributed by atoms with Crippen LogP contribution in [0.1, 0.15) is 80.6 Å². The molecule has 5 nitrogen and oxygen atoms in total. The highest BCUT2D eigenvalue weighted by Gasteiger charge is 2.39. The Balaban J connectivity index is 2.24. The second-order valence-corrected chi connectivity index (χ2v) is 10.6. The molecular formula is C28H45N3O2. The monoisotopic (exact) mass is 455 g/mol. The van der Waals surface area contributed by atoms with Crippen LogP contribution in [0.4, 0.5) is 0 Å². The highest BCUT2D eigenvalue weighted by Crippen LogP contribution is 2.36. The zero-order valence-corrected chi connectivity index (χ0v) is 21.8. The molecule has 4 atom stereocenters. The zero-order chi connectivity index (χ0) is 24.6. The summed E-state index contributed by atoms with van der Waals surface area (Å²) in [7, 11) is 0. The molecule has 1 N–H and O–H groups in total.